The van der Waals surface area contributed by atoms with Crippen LogP contribution in [-0.2, 0) is 0 Å². The number of carbonyl (C=O) groups excluding carboxylic acids is 1. The molecule has 1 aliphatic rings. The smallest absolute Gasteiger partial charge is 0.322 e. The number of aryl methyl sites for hydroxylation is 2. The normalized spacial score (nSPS) is 18.5. The lowest BCUT2D eigenvalue weighted by molar-refractivity contribution is 0.166. The van der Waals surface area contributed by atoms with Gasteiger partial charge in [0, 0.05) is 24.8 Å². The van der Waals surface area contributed by atoms with Gasteiger partial charge in [0.2, 0.25) is 0 Å². The Kier molecular flexibility index (Phi) is 5.07. The predicted octanol–water partition coefficient (Wildman–Crippen LogP) is 2.66. The van der Waals surface area contributed by atoms with Gasteiger partial charge >= 0.3 is 6.03 Å². The molecule has 0 spiro atoms. The van der Waals surface area contributed by atoms with Crippen LogP contribution in [0.1, 0.15) is 30.4 Å². The highest BCUT2D eigenvalue weighted by Gasteiger charge is 2.25. The van der Waals surface area contributed by atoms with E-state index in [1.54, 1.807) is 7.11 Å². The molecular formula is C16H25N3O2. The molecule has 116 valence electrons. The van der Waals surface area contributed by atoms with Gasteiger partial charge in [0.15, 0.2) is 0 Å². The van der Waals surface area contributed by atoms with Crippen LogP contribution in [0, 0.1) is 13.8 Å². The van der Waals surface area contributed by atoms with Crippen molar-refractivity contribution in [3.63, 3.8) is 0 Å². The molecule has 1 aromatic carbocycles. The van der Waals surface area contributed by atoms with E-state index < -0.39 is 0 Å². The van der Waals surface area contributed by atoms with Crippen LogP contribution in [0.4, 0.5) is 10.5 Å². The predicted molar refractivity (Wildman–Crippen MR) is 84.9 cm³/mol. The second kappa shape index (κ2) is 6.80. The lowest BCUT2D eigenvalue weighted by atomic mass is 10.0. The number of nitrogens with zero attached hydrogens (tertiary/aromatic N) is 1. The molecule has 0 radical (unpaired) electrons. The summed E-state index contributed by atoms with van der Waals surface area (Å²) in [4.78, 5) is 14.3. The summed E-state index contributed by atoms with van der Waals surface area (Å²) in [5.41, 5.74) is 8.61. The number of hydrogen-bond donors (Lipinski definition) is 2. The van der Waals surface area contributed by atoms with Gasteiger partial charge in [-0.15, -0.1) is 0 Å². The highest BCUT2D eigenvalue weighted by Crippen LogP contribution is 2.27. The number of anilines is 1. The van der Waals surface area contributed by atoms with Gasteiger partial charge in [0.1, 0.15) is 5.75 Å². The number of ether oxygens (including phenoxy) is 1. The monoisotopic (exact) mass is 291 g/mol. The summed E-state index contributed by atoms with van der Waals surface area (Å²) in [6.45, 7) is 5.26. The molecule has 1 heterocycles. The fourth-order valence-electron chi connectivity index (χ4n) is 3.05. The van der Waals surface area contributed by atoms with Crippen LogP contribution in [0.15, 0.2) is 12.1 Å². The van der Waals surface area contributed by atoms with E-state index in [-0.39, 0.29) is 12.1 Å². The van der Waals surface area contributed by atoms with Crippen molar-refractivity contribution in [2.45, 2.75) is 39.2 Å². The largest absolute Gasteiger partial charge is 0.496 e. The minimum atomic E-state index is -0.0610. The Labute approximate surface area is 126 Å². The number of benzene rings is 1. The van der Waals surface area contributed by atoms with Gasteiger partial charge in [0.25, 0.3) is 0 Å². The maximum atomic E-state index is 12.4. The summed E-state index contributed by atoms with van der Waals surface area (Å²) >= 11 is 0. The van der Waals surface area contributed by atoms with E-state index in [2.05, 4.69) is 5.32 Å². The number of nitrogens with two attached hydrogens (primary N) is 1. The first-order chi connectivity index (χ1) is 10.1. The average molecular weight is 291 g/mol. The molecule has 0 bridgehead atoms. The molecule has 1 aliphatic heterocycles. The van der Waals surface area contributed by atoms with E-state index in [1.165, 1.54) is 0 Å². The van der Waals surface area contributed by atoms with E-state index in [1.807, 2.05) is 30.9 Å². The number of likely N-dealkylation sites (tertiary alicyclic amines) is 1. The number of nitrogens with one attached hydrogen (secondary N) is 1. The lowest BCUT2D eigenvalue weighted by Crippen LogP contribution is -2.49. The molecule has 2 amide bonds. The third-order valence-corrected chi connectivity index (χ3v) is 4.08. The third-order valence-electron chi connectivity index (χ3n) is 4.08. The number of carbonyl (C=O) groups is 1. The first kappa shape index (κ1) is 15.6. The van der Waals surface area contributed by atoms with Crippen LogP contribution in [0.25, 0.3) is 0 Å². The fourth-order valence-corrected chi connectivity index (χ4v) is 3.05. The number of methoxy groups -OCH3 is 1. The van der Waals surface area contributed by atoms with Crippen molar-refractivity contribution in [3.8, 4) is 5.75 Å². The first-order valence-corrected chi connectivity index (χ1v) is 7.49. The van der Waals surface area contributed by atoms with Crippen LogP contribution >= 0.6 is 0 Å². The summed E-state index contributed by atoms with van der Waals surface area (Å²) in [5.74, 6) is 0.866. The highest BCUT2D eigenvalue weighted by molar-refractivity contribution is 5.90. The summed E-state index contributed by atoms with van der Waals surface area (Å²) in [7, 11) is 1.66. The average Bonchev–Trinajstić information content (AvgIpc) is 2.46. The molecule has 0 aromatic heterocycles. The second-order valence-electron chi connectivity index (χ2n) is 5.65. The Hall–Kier alpha value is -1.75. The molecule has 1 aromatic rings. The first-order valence-electron chi connectivity index (χ1n) is 7.49. The fraction of sp³-hybridized carbons (Fsp3) is 0.562. The molecule has 2 rings (SSSR count). The van der Waals surface area contributed by atoms with Crippen LogP contribution in [0.3, 0.4) is 0 Å². The standard InChI is InChI=1S/C16H25N3O2/c1-11-8-13(9-12(2)15(11)21-3)18-16(20)19-7-5-4-6-14(19)10-17/h8-9,14H,4-7,10,17H2,1-3H3,(H,18,20)/t14-/m0/s1. The quantitative estimate of drug-likeness (QED) is 0.899. The zero-order valence-electron chi connectivity index (χ0n) is 13.1. The van der Waals surface area contributed by atoms with E-state index in [0.29, 0.717) is 6.54 Å². The van der Waals surface area contributed by atoms with Crippen molar-refractivity contribution in [2.24, 2.45) is 5.73 Å². The van der Waals surface area contributed by atoms with Gasteiger partial charge in [-0.3, -0.25) is 0 Å². The maximum Gasteiger partial charge on any atom is 0.322 e. The molecule has 0 unspecified atom stereocenters. The SMILES string of the molecule is COc1c(C)cc(NC(=O)N2CCCC[C@H]2CN)cc1C. The number of rotatable bonds is 3. The number of urea groups is 1. The van der Waals surface area contributed by atoms with E-state index in [9.17, 15) is 4.79 Å². The lowest BCUT2D eigenvalue weighted by Gasteiger charge is -2.35. The molecular weight excluding hydrogens is 266 g/mol. The summed E-state index contributed by atoms with van der Waals surface area (Å²) in [6.07, 6.45) is 3.18. The summed E-state index contributed by atoms with van der Waals surface area (Å²) in [6, 6.07) is 3.96. The Morgan fingerprint density at radius 1 is 1.38 bits per heavy atom. The molecule has 5 nitrogen and oxygen atoms in total. The zero-order valence-corrected chi connectivity index (χ0v) is 13.1. The minimum Gasteiger partial charge on any atom is -0.496 e. The van der Waals surface area contributed by atoms with Gasteiger partial charge in [-0.2, -0.15) is 0 Å². The molecule has 1 saturated heterocycles. The van der Waals surface area contributed by atoms with Crippen LogP contribution < -0.4 is 15.8 Å². The van der Waals surface area contributed by atoms with Crippen molar-refractivity contribution in [1.29, 1.82) is 0 Å². The number of amides is 2. The molecule has 1 fully saturated rings. The van der Waals surface area contributed by atoms with Gasteiger partial charge in [0.05, 0.1) is 7.11 Å². The molecule has 21 heavy (non-hydrogen) atoms. The Morgan fingerprint density at radius 2 is 2.05 bits per heavy atom. The Balaban J connectivity index is 2.12. The van der Waals surface area contributed by atoms with Crippen LogP contribution in [0.5, 0.6) is 5.75 Å². The van der Waals surface area contributed by atoms with Gasteiger partial charge < -0.3 is 20.7 Å². The molecule has 3 N–H and O–H groups in total. The van der Waals surface area contributed by atoms with Crippen molar-refractivity contribution in [3.05, 3.63) is 23.3 Å². The molecule has 5 heteroatoms. The zero-order chi connectivity index (χ0) is 15.4. The van der Waals surface area contributed by atoms with E-state index in [0.717, 1.165) is 48.4 Å². The third kappa shape index (κ3) is 3.47. The van der Waals surface area contributed by atoms with Gasteiger partial charge in [-0.1, -0.05) is 0 Å². The van der Waals surface area contributed by atoms with E-state index in [4.69, 9.17) is 10.5 Å². The topological polar surface area (TPSA) is 67.6 Å². The molecule has 0 aliphatic carbocycles. The number of piperidine rings is 1. The van der Waals surface area contributed by atoms with E-state index >= 15 is 0 Å². The minimum absolute atomic E-state index is 0.0610. The number of hydrogen-bond acceptors (Lipinski definition) is 3. The van der Waals surface area contributed by atoms with Crippen molar-refractivity contribution < 1.29 is 9.53 Å². The van der Waals surface area contributed by atoms with Gasteiger partial charge in [-0.05, 0) is 56.4 Å². The second-order valence-corrected chi connectivity index (χ2v) is 5.65. The van der Waals surface area contributed by atoms with Crippen LogP contribution in [0.2, 0.25) is 0 Å². The molecule has 0 saturated carbocycles. The van der Waals surface area contributed by atoms with Crippen LogP contribution in [-0.4, -0.2) is 37.2 Å². The van der Waals surface area contributed by atoms with Crippen molar-refractivity contribution in [1.82, 2.24) is 4.90 Å². The van der Waals surface area contributed by atoms with Gasteiger partial charge in [-0.25, -0.2) is 4.79 Å². The molecule has 1 atom stereocenters. The highest BCUT2D eigenvalue weighted by atomic mass is 16.5. The maximum absolute atomic E-state index is 12.4. The van der Waals surface area contributed by atoms with Crippen molar-refractivity contribution in [2.75, 3.05) is 25.5 Å². The Morgan fingerprint density at radius 3 is 2.62 bits per heavy atom. The van der Waals surface area contributed by atoms with Crippen molar-refractivity contribution >= 4 is 11.7 Å². The Bertz CT molecular complexity index is 493. The summed E-state index contributed by atoms with van der Waals surface area (Å²) in [5, 5.41) is 2.98. The summed E-state index contributed by atoms with van der Waals surface area (Å²) < 4.78 is 5.35.